The van der Waals surface area contributed by atoms with Crippen LogP contribution in [0.2, 0.25) is 0 Å². The van der Waals surface area contributed by atoms with Crippen molar-refractivity contribution in [2.45, 2.75) is 6.92 Å². The fraction of sp³-hybridized carbons (Fsp3) is 0.286. The molecule has 0 amide bonds. The van der Waals surface area contributed by atoms with E-state index in [0.717, 1.165) is 17.0 Å². The molecular formula is C7H9N5. The van der Waals surface area contributed by atoms with Crippen LogP contribution in [-0.4, -0.2) is 19.5 Å². The van der Waals surface area contributed by atoms with Crippen LogP contribution in [0.15, 0.2) is 6.20 Å². The first-order valence-electron chi connectivity index (χ1n) is 3.60. The molecule has 0 spiro atoms. The lowest BCUT2D eigenvalue weighted by atomic mass is 10.5. The first kappa shape index (κ1) is 7.02. The van der Waals surface area contributed by atoms with Crippen molar-refractivity contribution in [1.82, 2.24) is 19.5 Å². The zero-order valence-corrected chi connectivity index (χ0v) is 6.94. The summed E-state index contributed by atoms with van der Waals surface area (Å²) in [5.41, 5.74) is 7.00. The van der Waals surface area contributed by atoms with Crippen LogP contribution in [0.4, 0.5) is 5.95 Å². The number of fused-ring (bicyclic) bond motifs is 1. The number of aryl methyl sites for hydroxylation is 2. The number of nitrogens with two attached hydrogens (primary N) is 1. The van der Waals surface area contributed by atoms with Crippen molar-refractivity contribution >= 4 is 17.1 Å². The molecule has 5 nitrogen and oxygen atoms in total. The van der Waals surface area contributed by atoms with Gasteiger partial charge in [0.15, 0.2) is 5.65 Å². The zero-order chi connectivity index (χ0) is 8.72. The molecule has 0 saturated heterocycles. The maximum absolute atomic E-state index is 5.44. The van der Waals surface area contributed by atoms with E-state index in [4.69, 9.17) is 5.73 Å². The molecule has 2 N–H and O–H groups in total. The summed E-state index contributed by atoms with van der Waals surface area (Å²) in [6.45, 7) is 1.91. The van der Waals surface area contributed by atoms with Gasteiger partial charge in [-0.05, 0) is 6.92 Å². The second-order valence-corrected chi connectivity index (χ2v) is 2.66. The van der Waals surface area contributed by atoms with Gasteiger partial charge in [-0.15, -0.1) is 0 Å². The molecule has 0 radical (unpaired) electrons. The standard InChI is InChI=1S/C7H9N5/c1-4-10-5-3-9-7(8)11-6(5)12(4)2/h3H,1-2H3,(H2,8,9,11). The van der Waals surface area contributed by atoms with Crippen LogP contribution in [0.3, 0.4) is 0 Å². The summed E-state index contributed by atoms with van der Waals surface area (Å²) in [4.78, 5) is 12.2. The Bertz CT molecular complexity index is 431. The Kier molecular flexibility index (Phi) is 1.27. The molecule has 12 heavy (non-hydrogen) atoms. The molecule has 5 heteroatoms. The highest BCUT2D eigenvalue weighted by molar-refractivity contribution is 5.71. The van der Waals surface area contributed by atoms with E-state index >= 15 is 0 Å². The predicted octanol–water partition coefficient (Wildman–Crippen LogP) is 0.254. The average Bonchev–Trinajstić information content (AvgIpc) is 2.31. The third kappa shape index (κ3) is 0.827. The summed E-state index contributed by atoms with van der Waals surface area (Å²) in [7, 11) is 1.90. The number of nitrogens with zero attached hydrogens (tertiary/aromatic N) is 4. The molecule has 0 saturated carbocycles. The van der Waals surface area contributed by atoms with Crippen molar-refractivity contribution < 1.29 is 0 Å². The Morgan fingerprint density at radius 1 is 1.42 bits per heavy atom. The van der Waals surface area contributed by atoms with E-state index in [2.05, 4.69) is 15.0 Å². The lowest BCUT2D eigenvalue weighted by Gasteiger charge is -1.94. The lowest BCUT2D eigenvalue weighted by Crippen LogP contribution is -1.97. The van der Waals surface area contributed by atoms with E-state index in [1.165, 1.54) is 0 Å². The van der Waals surface area contributed by atoms with Gasteiger partial charge in [0, 0.05) is 7.05 Å². The molecule has 0 aliphatic carbocycles. The molecule has 0 aromatic carbocycles. The second kappa shape index (κ2) is 2.17. The third-order valence-electron chi connectivity index (χ3n) is 1.85. The number of imidazole rings is 1. The van der Waals surface area contributed by atoms with Gasteiger partial charge in [-0.25, -0.2) is 9.97 Å². The maximum atomic E-state index is 5.44. The monoisotopic (exact) mass is 163 g/mol. The first-order chi connectivity index (χ1) is 5.68. The van der Waals surface area contributed by atoms with Crippen molar-refractivity contribution in [3.63, 3.8) is 0 Å². The molecule has 2 rings (SSSR count). The summed E-state index contributed by atoms with van der Waals surface area (Å²) in [6.07, 6.45) is 1.63. The highest BCUT2D eigenvalue weighted by atomic mass is 15.1. The molecule has 0 unspecified atom stereocenters. The number of rotatable bonds is 0. The van der Waals surface area contributed by atoms with Crippen LogP contribution in [0.25, 0.3) is 11.2 Å². The molecule has 0 aliphatic heterocycles. The first-order valence-corrected chi connectivity index (χ1v) is 3.60. The molecular weight excluding hydrogens is 154 g/mol. The molecule has 0 fully saturated rings. The zero-order valence-electron chi connectivity index (χ0n) is 6.94. The summed E-state index contributed by atoms with van der Waals surface area (Å²) >= 11 is 0. The minimum Gasteiger partial charge on any atom is -0.368 e. The van der Waals surface area contributed by atoms with Crippen LogP contribution in [0.1, 0.15) is 5.82 Å². The third-order valence-corrected chi connectivity index (χ3v) is 1.85. The Morgan fingerprint density at radius 3 is 2.92 bits per heavy atom. The molecule has 2 aromatic heterocycles. The summed E-state index contributed by atoms with van der Waals surface area (Å²) in [5.74, 6) is 1.19. The Labute approximate surface area is 69.3 Å². The fourth-order valence-corrected chi connectivity index (χ4v) is 1.11. The van der Waals surface area contributed by atoms with Gasteiger partial charge < -0.3 is 10.3 Å². The van der Waals surface area contributed by atoms with E-state index in [9.17, 15) is 0 Å². The van der Waals surface area contributed by atoms with E-state index in [-0.39, 0.29) is 5.95 Å². The SMILES string of the molecule is Cc1nc2cnc(N)nc2n1C. The number of anilines is 1. The molecule has 2 heterocycles. The number of nitrogen functional groups attached to an aromatic ring is 1. The topological polar surface area (TPSA) is 69.6 Å². The van der Waals surface area contributed by atoms with Crippen LogP contribution in [-0.2, 0) is 7.05 Å². The van der Waals surface area contributed by atoms with E-state index in [0.29, 0.717) is 0 Å². The Balaban J connectivity index is 2.88. The highest BCUT2D eigenvalue weighted by Gasteiger charge is 2.05. The molecule has 0 atom stereocenters. The van der Waals surface area contributed by atoms with Gasteiger partial charge in [0.2, 0.25) is 5.95 Å². The van der Waals surface area contributed by atoms with Gasteiger partial charge in [0.05, 0.1) is 6.20 Å². The predicted molar refractivity (Wildman–Crippen MR) is 45.5 cm³/mol. The lowest BCUT2D eigenvalue weighted by molar-refractivity contribution is 0.874. The van der Waals surface area contributed by atoms with Gasteiger partial charge in [-0.2, -0.15) is 4.98 Å². The van der Waals surface area contributed by atoms with E-state index in [1.54, 1.807) is 6.20 Å². The number of aromatic nitrogens is 4. The molecule has 0 bridgehead atoms. The Hall–Kier alpha value is -1.65. The van der Waals surface area contributed by atoms with Crippen molar-refractivity contribution in [1.29, 1.82) is 0 Å². The highest BCUT2D eigenvalue weighted by Crippen LogP contribution is 2.10. The fourth-order valence-electron chi connectivity index (χ4n) is 1.11. The minimum absolute atomic E-state index is 0.283. The second-order valence-electron chi connectivity index (χ2n) is 2.66. The van der Waals surface area contributed by atoms with Crippen molar-refractivity contribution in [2.75, 3.05) is 5.73 Å². The molecule has 2 aromatic rings. The summed E-state index contributed by atoms with van der Waals surface area (Å²) in [6, 6.07) is 0. The van der Waals surface area contributed by atoms with Crippen LogP contribution >= 0.6 is 0 Å². The van der Waals surface area contributed by atoms with E-state index in [1.807, 2.05) is 18.5 Å². The van der Waals surface area contributed by atoms with Crippen LogP contribution in [0, 0.1) is 6.92 Å². The minimum atomic E-state index is 0.283. The number of hydrogen-bond acceptors (Lipinski definition) is 4. The average molecular weight is 163 g/mol. The summed E-state index contributed by atoms with van der Waals surface area (Å²) < 4.78 is 1.88. The quantitative estimate of drug-likeness (QED) is 0.604. The largest absolute Gasteiger partial charge is 0.368 e. The molecule has 0 aliphatic rings. The van der Waals surface area contributed by atoms with Crippen molar-refractivity contribution in [2.24, 2.45) is 7.05 Å². The smallest absolute Gasteiger partial charge is 0.222 e. The molecule has 62 valence electrons. The van der Waals surface area contributed by atoms with Gasteiger partial charge >= 0.3 is 0 Å². The number of hydrogen-bond donors (Lipinski definition) is 1. The van der Waals surface area contributed by atoms with Crippen LogP contribution < -0.4 is 5.73 Å². The summed E-state index contributed by atoms with van der Waals surface area (Å²) in [5, 5.41) is 0. The van der Waals surface area contributed by atoms with Gasteiger partial charge in [-0.1, -0.05) is 0 Å². The normalized spacial score (nSPS) is 10.8. The van der Waals surface area contributed by atoms with Crippen molar-refractivity contribution in [3.05, 3.63) is 12.0 Å². The van der Waals surface area contributed by atoms with Gasteiger partial charge in [0.25, 0.3) is 0 Å². The van der Waals surface area contributed by atoms with Gasteiger partial charge in [0.1, 0.15) is 11.3 Å². The Morgan fingerprint density at radius 2 is 2.17 bits per heavy atom. The van der Waals surface area contributed by atoms with E-state index < -0.39 is 0 Å². The van der Waals surface area contributed by atoms with Crippen molar-refractivity contribution in [3.8, 4) is 0 Å². The van der Waals surface area contributed by atoms with Crippen LogP contribution in [0.5, 0.6) is 0 Å². The maximum Gasteiger partial charge on any atom is 0.222 e. The van der Waals surface area contributed by atoms with Gasteiger partial charge in [-0.3, -0.25) is 0 Å².